The van der Waals surface area contributed by atoms with Gasteiger partial charge in [0, 0.05) is 30.7 Å². The number of nitrogens with two attached hydrogens (primary N) is 1. The molecule has 3 nitrogen and oxygen atoms in total. The van der Waals surface area contributed by atoms with E-state index in [1.54, 1.807) is 0 Å². The highest BCUT2D eigenvalue weighted by Gasteiger charge is 2.27. The maximum absolute atomic E-state index is 5.79. The summed E-state index contributed by atoms with van der Waals surface area (Å²) in [6.07, 6.45) is 3.22. The van der Waals surface area contributed by atoms with Crippen molar-refractivity contribution in [1.29, 1.82) is 0 Å². The first-order valence-electron chi connectivity index (χ1n) is 7.04. The van der Waals surface area contributed by atoms with E-state index in [4.69, 9.17) is 5.73 Å². The molecule has 1 aromatic heterocycles. The lowest BCUT2D eigenvalue weighted by atomic mass is 10.1. The van der Waals surface area contributed by atoms with E-state index in [9.17, 15) is 0 Å². The van der Waals surface area contributed by atoms with Gasteiger partial charge in [-0.05, 0) is 43.5 Å². The minimum Gasteiger partial charge on any atom is -0.330 e. The maximum atomic E-state index is 5.79. The third-order valence-electron chi connectivity index (χ3n) is 4.16. The summed E-state index contributed by atoms with van der Waals surface area (Å²) in [4.78, 5) is 7.05. The Morgan fingerprint density at radius 3 is 3.00 bits per heavy atom. The van der Waals surface area contributed by atoms with E-state index < -0.39 is 0 Å². The number of pyridine rings is 1. The molecule has 2 N–H and O–H groups in total. The molecule has 0 radical (unpaired) electrons. The van der Waals surface area contributed by atoms with Gasteiger partial charge >= 0.3 is 0 Å². The summed E-state index contributed by atoms with van der Waals surface area (Å²) in [6.45, 7) is 5.20. The number of fused-ring (bicyclic) bond motifs is 1. The fourth-order valence-electron chi connectivity index (χ4n) is 3.05. The molecule has 1 aliphatic rings. The zero-order chi connectivity index (χ0) is 13.2. The predicted molar refractivity (Wildman–Crippen MR) is 78.8 cm³/mol. The van der Waals surface area contributed by atoms with Crippen LogP contribution in [0.15, 0.2) is 36.5 Å². The van der Waals surface area contributed by atoms with Crippen molar-refractivity contribution in [3.05, 3.63) is 42.1 Å². The molecule has 0 bridgehead atoms. The van der Waals surface area contributed by atoms with Crippen molar-refractivity contribution in [3.8, 4) is 0 Å². The van der Waals surface area contributed by atoms with Gasteiger partial charge in [-0.3, -0.25) is 9.88 Å². The van der Waals surface area contributed by atoms with Gasteiger partial charge in [0.25, 0.3) is 0 Å². The Hall–Kier alpha value is -1.45. The number of aromatic nitrogens is 1. The average molecular weight is 255 g/mol. The number of rotatable bonds is 3. The summed E-state index contributed by atoms with van der Waals surface area (Å²) in [5, 5.41) is 1.22. The standard InChI is InChI=1S/C16H21N3/c1-12-6-13(8-17)10-19(12)11-14-7-15-4-2-3-5-16(15)18-9-14/h2-5,7,9,12-13H,6,8,10-11,17H2,1H3. The highest BCUT2D eigenvalue weighted by molar-refractivity contribution is 5.78. The molecule has 19 heavy (non-hydrogen) atoms. The van der Waals surface area contributed by atoms with Gasteiger partial charge in [0.15, 0.2) is 0 Å². The third kappa shape index (κ3) is 2.62. The molecule has 2 aromatic rings. The van der Waals surface area contributed by atoms with Crippen LogP contribution in [0.3, 0.4) is 0 Å². The molecule has 1 fully saturated rings. The maximum Gasteiger partial charge on any atom is 0.0702 e. The summed E-state index contributed by atoms with van der Waals surface area (Å²) in [6, 6.07) is 11.2. The van der Waals surface area contributed by atoms with Crippen LogP contribution in [0, 0.1) is 5.92 Å². The Morgan fingerprint density at radius 2 is 2.21 bits per heavy atom. The van der Waals surface area contributed by atoms with Gasteiger partial charge in [0.2, 0.25) is 0 Å². The molecule has 0 aliphatic carbocycles. The van der Waals surface area contributed by atoms with Crippen LogP contribution in [0.5, 0.6) is 0 Å². The predicted octanol–water partition coefficient (Wildman–Crippen LogP) is 2.40. The van der Waals surface area contributed by atoms with E-state index in [2.05, 4.69) is 41.1 Å². The highest BCUT2D eigenvalue weighted by Crippen LogP contribution is 2.24. The lowest BCUT2D eigenvalue weighted by Crippen LogP contribution is -2.27. The zero-order valence-corrected chi connectivity index (χ0v) is 11.4. The van der Waals surface area contributed by atoms with E-state index in [-0.39, 0.29) is 0 Å². The molecule has 0 amide bonds. The SMILES string of the molecule is CC1CC(CN)CN1Cc1cnc2ccccc2c1. The summed E-state index contributed by atoms with van der Waals surface area (Å²) >= 11 is 0. The Labute approximate surface area is 114 Å². The first kappa shape index (κ1) is 12.6. The monoisotopic (exact) mass is 255 g/mol. The summed E-state index contributed by atoms with van der Waals surface area (Å²) < 4.78 is 0. The Balaban J connectivity index is 1.78. The van der Waals surface area contributed by atoms with Crippen LogP contribution >= 0.6 is 0 Å². The number of benzene rings is 1. The zero-order valence-electron chi connectivity index (χ0n) is 11.4. The second-order valence-corrected chi connectivity index (χ2v) is 5.65. The van der Waals surface area contributed by atoms with E-state index in [1.807, 2.05) is 12.3 Å². The van der Waals surface area contributed by atoms with Crippen molar-refractivity contribution < 1.29 is 0 Å². The first-order valence-corrected chi connectivity index (χ1v) is 7.04. The van der Waals surface area contributed by atoms with Crippen molar-refractivity contribution in [3.63, 3.8) is 0 Å². The van der Waals surface area contributed by atoms with Crippen LogP contribution in [-0.2, 0) is 6.54 Å². The van der Waals surface area contributed by atoms with E-state index in [0.29, 0.717) is 12.0 Å². The smallest absolute Gasteiger partial charge is 0.0702 e. The second kappa shape index (κ2) is 5.27. The van der Waals surface area contributed by atoms with Gasteiger partial charge in [0.1, 0.15) is 0 Å². The number of para-hydroxylation sites is 1. The summed E-state index contributed by atoms with van der Waals surface area (Å²) in [5.41, 5.74) is 8.15. The van der Waals surface area contributed by atoms with Crippen molar-refractivity contribution >= 4 is 10.9 Å². The van der Waals surface area contributed by atoms with Crippen LogP contribution < -0.4 is 5.73 Å². The molecule has 1 aromatic carbocycles. The average Bonchev–Trinajstić information content (AvgIpc) is 2.79. The molecular formula is C16H21N3. The lowest BCUT2D eigenvalue weighted by molar-refractivity contribution is 0.256. The summed E-state index contributed by atoms with van der Waals surface area (Å²) in [7, 11) is 0. The molecule has 2 heterocycles. The third-order valence-corrected chi connectivity index (χ3v) is 4.16. The van der Waals surface area contributed by atoms with Gasteiger partial charge in [0.05, 0.1) is 5.52 Å². The molecular weight excluding hydrogens is 234 g/mol. The fourth-order valence-corrected chi connectivity index (χ4v) is 3.05. The molecule has 3 rings (SSSR count). The number of hydrogen-bond donors (Lipinski definition) is 1. The van der Waals surface area contributed by atoms with Crippen LogP contribution in [0.4, 0.5) is 0 Å². The van der Waals surface area contributed by atoms with Gasteiger partial charge in [-0.1, -0.05) is 18.2 Å². The largest absolute Gasteiger partial charge is 0.330 e. The van der Waals surface area contributed by atoms with Gasteiger partial charge in [-0.25, -0.2) is 0 Å². The van der Waals surface area contributed by atoms with Crippen molar-refractivity contribution in [2.75, 3.05) is 13.1 Å². The molecule has 100 valence electrons. The lowest BCUT2D eigenvalue weighted by Gasteiger charge is -2.21. The number of nitrogens with zero attached hydrogens (tertiary/aromatic N) is 2. The molecule has 3 heteroatoms. The van der Waals surface area contributed by atoms with Crippen molar-refractivity contribution in [2.24, 2.45) is 11.7 Å². The van der Waals surface area contributed by atoms with Gasteiger partial charge in [-0.2, -0.15) is 0 Å². The quantitative estimate of drug-likeness (QED) is 0.915. The van der Waals surface area contributed by atoms with Gasteiger partial charge < -0.3 is 5.73 Å². The van der Waals surface area contributed by atoms with Crippen LogP contribution in [-0.4, -0.2) is 29.0 Å². The number of hydrogen-bond acceptors (Lipinski definition) is 3. The van der Waals surface area contributed by atoms with Crippen LogP contribution in [0.1, 0.15) is 18.9 Å². The Kier molecular flexibility index (Phi) is 3.49. The van der Waals surface area contributed by atoms with Gasteiger partial charge in [-0.15, -0.1) is 0 Å². The second-order valence-electron chi connectivity index (χ2n) is 5.65. The van der Waals surface area contributed by atoms with E-state index in [0.717, 1.165) is 25.2 Å². The van der Waals surface area contributed by atoms with Crippen molar-refractivity contribution in [1.82, 2.24) is 9.88 Å². The first-order chi connectivity index (χ1) is 9.26. The molecule has 2 atom stereocenters. The summed E-state index contributed by atoms with van der Waals surface area (Å²) in [5.74, 6) is 0.656. The molecule has 2 unspecified atom stereocenters. The fraction of sp³-hybridized carbons (Fsp3) is 0.438. The minimum atomic E-state index is 0.625. The highest BCUT2D eigenvalue weighted by atomic mass is 15.2. The van der Waals surface area contributed by atoms with Crippen LogP contribution in [0.25, 0.3) is 10.9 Å². The molecule has 1 saturated heterocycles. The van der Waals surface area contributed by atoms with Crippen molar-refractivity contribution in [2.45, 2.75) is 25.9 Å². The van der Waals surface area contributed by atoms with E-state index >= 15 is 0 Å². The normalized spacial score (nSPS) is 24.1. The van der Waals surface area contributed by atoms with Crippen LogP contribution in [0.2, 0.25) is 0 Å². The van der Waals surface area contributed by atoms with E-state index in [1.165, 1.54) is 17.4 Å². The molecule has 1 aliphatic heterocycles. The minimum absolute atomic E-state index is 0.625. The Bertz CT molecular complexity index is 567. The Morgan fingerprint density at radius 1 is 1.37 bits per heavy atom. The molecule has 0 saturated carbocycles. The number of likely N-dealkylation sites (tertiary alicyclic amines) is 1. The molecule has 0 spiro atoms. The topological polar surface area (TPSA) is 42.1 Å².